The minimum atomic E-state index is -0.390. The Kier molecular flexibility index (Phi) is 4.91. The van der Waals surface area contributed by atoms with Gasteiger partial charge in [-0.1, -0.05) is 23.5 Å². The van der Waals surface area contributed by atoms with E-state index in [1.54, 1.807) is 55.0 Å². The van der Waals surface area contributed by atoms with E-state index in [9.17, 15) is 4.79 Å². The van der Waals surface area contributed by atoms with Crippen LogP contribution in [0.3, 0.4) is 0 Å². The summed E-state index contributed by atoms with van der Waals surface area (Å²) in [6.45, 7) is -0.246. The number of furan rings is 2. The highest BCUT2D eigenvalue weighted by Gasteiger charge is 2.20. The molecule has 0 radical (unpaired) electrons. The summed E-state index contributed by atoms with van der Waals surface area (Å²) in [7, 11) is 0. The molecule has 3 aromatic heterocycles. The van der Waals surface area contributed by atoms with Crippen molar-refractivity contribution in [2.75, 3.05) is 11.9 Å². The third-order valence-electron chi connectivity index (χ3n) is 3.74. The first-order valence-electron chi connectivity index (χ1n) is 8.25. The Hall–Kier alpha value is -3.83. The second kappa shape index (κ2) is 7.82. The zero-order valence-corrected chi connectivity index (χ0v) is 15.2. The molecule has 0 bridgehead atoms. The average molecular weight is 391 g/mol. The van der Waals surface area contributed by atoms with Crippen LogP contribution in [0, 0.1) is 11.3 Å². The highest BCUT2D eigenvalue weighted by atomic mass is 32.1. The minimum Gasteiger partial charge on any atom is -0.482 e. The molecule has 1 aromatic carbocycles. The maximum atomic E-state index is 12.3. The number of ether oxygens (including phenoxy) is 1. The van der Waals surface area contributed by atoms with E-state index in [-0.39, 0.29) is 6.61 Å². The number of hydrogen-bond acceptors (Lipinski definition) is 7. The molecular formula is C20H13N3O4S. The highest BCUT2D eigenvalue weighted by Crippen LogP contribution is 2.39. The number of carbonyl (C=O) groups is 1. The van der Waals surface area contributed by atoms with E-state index in [1.165, 1.54) is 11.3 Å². The van der Waals surface area contributed by atoms with Crippen LogP contribution in [-0.4, -0.2) is 17.5 Å². The van der Waals surface area contributed by atoms with Crippen molar-refractivity contribution in [3.63, 3.8) is 0 Å². The maximum absolute atomic E-state index is 12.3. The smallest absolute Gasteiger partial charge is 0.264 e. The number of nitriles is 1. The summed E-state index contributed by atoms with van der Waals surface area (Å²) in [6.07, 6.45) is 3.12. The third-order valence-corrected chi connectivity index (χ3v) is 4.72. The standard InChI is InChI=1S/C20H13N3O4S/c21-11-13-5-1-2-6-14(13)27-12-17(24)22-20-23-18(15-7-3-9-25-15)19(28-20)16-8-4-10-26-16/h1-10H,12H2,(H,22,23,24). The quantitative estimate of drug-likeness (QED) is 0.517. The Morgan fingerprint density at radius 2 is 1.86 bits per heavy atom. The van der Waals surface area contributed by atoms with Gasteiger partial charge in [0.05, 0.1) is 18.1 Å². The van der Waals surface area contributed by atoms with Gasteiger partial charge in [0, 0.05) is 0 Å². The third kappa shape index (κ3) is 3.65. The first-order valence-corrected chi connectivity index (χ1v) is 9.06. The fourth-order valence-electron chi connectivity index (χ4n) is 2.51. The lowest BCUT2D eigenvalue weighted by molar-refractivity contribution is -0.118. The van der Waals surface area contributed by atoms with Crippen LogP contribution in [0.4, 0.5) is 5.13 Å². The van der Waals surface area contributed by atoms with E-state index >= 15 is 0 Å². The summed E-state index contributed by atoms with van der Waals surface area (Å²) >= 11 is 1.27. The molecule has 0 aliphatic rings. The van der Waals surface area contributed by atoms with Crippen LogP contribution in [0.1, 0.15) is 5.56 Å². The van der Waals surface area contributed by atoms with Crippen LogP contribution in [0.15, 0.2) is 69.9 Å². The monoisotopic (exact) mass is 391 g/mol. The molecule has 0 saturated heterocycles. The first-order chi connectivity index (χ1) is 13.7. The molecule has 0 atom stereocenters. The Bertz CT molecular complexity index is 1070. The number of anilines is 1. The Morgan fingerprint density at radius 3 is 2.57 bits per heavy atom. The second-order valence-electron chi connectivity index (χ2n) is 5.60. The van der Waals surface area contributed by atoms with Gasteiger partial charge in [-0.25, -0.2) is 4.98 Å². The number of nitrogens with one attached hydrogen (secondary N) is 1. The lowest BCUT2D eigenvalue weighted by Gasteiger charge is -2.06. The van der Waals surface area contributed by atoms with Gasteiger partial charge in [-0.05, 0) is 36.4 Å². The molecule has 0 spiro atoms. The van der Waals surface area contributed by atoms with Crippen molar-refractivity contribution in [2.45, 2.75) is 0 Å². The van der Waals surface area contributed by atoms with Crippen molar-refractivity contribution in [1.29, 1.82) is 5.26 Å². The number of rotatable bonds is 6. The number of aromatic nitrogens is 1. The molecule has 4 aromatic rings. The van der Waals surface area contributed by atoms with Crippen molar-refractivity contribution in [1.82, 2.24) is 4.98 Å². The zero-order valence-electron chi connectivity index (χ0n) is 14.4. The van der Waals surface area contributed by atoms with E-state index in [1.807, 2.05) is 12.1 Å². The van der Waals surface area contributed by atoms with Gasteiger partial charge in [0.25, 0.3) is 5.91 Å². The molecule has 1 amide bonds. The van der Waals surface area contributed by atoms with Crippen LogP contribution >= 0.6 is 11.3 Å². The predicted molar refractivity (Wildman–Crippen MR) is 103 cm³/mol. The number of nitrogens with zero attached hydrogens (tertiary/aromatic N) is 2. The van der Waals surface area contributed by atoms with E-state index in [0.717, 1.165) is 4.88 Å². The first kappa shape index (κ1) is 17.6. The van der Waals surface area contributed by atoms with Crippen LogP contribution in [-0.2, 0) is 4.79 Å². The molecule has 8 heteroatoms. The van der Waals surface area contributed by atoms with E-state index in [4.69, 9.17) is 18.8 Å². The van der Waals surface area contributed by atoms with E-state index < -0.39 is 5.91 Å². The molecule has 138 valence electrons. The predicted octanol–water partition coefficient (Wildman–Crippen LogP) is 4.55. The molecule has 0 aliphatic heterocycles. The summed E-state index contributed by atoms with van der Waals surface area (Å²) in [5, 5.41) is 12.2. The number of para-hydroxylation sites is 1. The summed E-state index contributed by atoms with van der Waals surface area (Å²) in [5.74, 6) is 1.16. The fraction of sp³-hybridized carbons (Fsp3) is 0.0500. The largest absolute Gasteiger partial charge is 0.482 e. The molecule has 0 fully saturated rings. The van der Waals surface area contributed by atoms with Crippen LogP contribution in [0.5, 0.6) is 5.75 Å². The Balaban J connectivity index is 1.51. The van der Waals surface area contributed by atoms with Gasteiger partial charge in [0.15, 0.2) is 17.5 Å². The van der Waals surface area contributed by atoms with Crippen LogP contribution < -0.4 is 10.1 Å². The van der Waals surface area contributed by atoms with Crippen LogP contribution in [0.2, 0.25) is 0 Å². The SMILES string of the molecule is N#Cc1ccccc1OCC(=O)Nc1nc(-c2ccco2)c(-c2ccco2)s1. The topological polar surface area (TPSA) is 101 Å². The van der Waals surface area contributed by atoms with Gasteiger partial charge in [-0.2, -0.15) is 5.26 Å². The van der Waals surface area contributed by atoms with E-state index in [2.05, 4.69) is 10.3 Å². The van der Waals surface area contributed by atoms with Crippen molar-refractivity contribution in [3.05, 3.63) is 66.6 Å². The van der Waals surface area contributed by atoms with Gasteiger partial charge in [0.1, 0.15) is 28.2 Å². The van der Waals surface area contributed by atoms with Gasteiger partial charge in [-0.15, -0.1) is 0 Å². The summed E-state index contributed by atoms with van der Waals surface area (Å²) < 4.78 is 16.4. The second-order valence-corrected chi connectivity index (χ2v) is 6.60. The average Bonchev–Trinajstić information content (AvgIpc) is 3.47. The van der Waals surface area contributed by atoms with Crippen LogP contribution in [0.25, 0.3) is 22.1 Å². The van der Waals surface area contributed by atoms with Gasteiger partial charge in [-0.3, -0.25) is 10.1 Å². The lowest BCUT2D eigenvalue weighted by Crippen LogP contribution is -2.20. The molecule has 1 N–H and O–H groups in total. The number of carbonyl (C=O) groups excluding carboxylic acids is 1. The summed E-state index contributed by atoms with van der Waals surface area (Å²) in [6, 6.07) is 15.9. The van der Waals surface area contributed by atoms with Crippen molar-refractivity contribution < 1.29 is 18.4 Å². The molecule has 4 rings (SSSR count). The zero-order chi connectivity index (χ0) is 19.3. The van der Waals surface area contributed by atoms with Crippen molar-refractivity contribution in [2.24, 2.45) is 0 Å². The maximum Gasteiger partial charge on any atom is 0.264 e. The molecule has 0 aliphatic carbocycles. The molecule has 0 saturated carbocycles. The fourth-order valence-corrected chi connectivity index (χ4v) is 3.47. The van der Waals surface area contributed by atoms with Crippen molar-refractivity contribution >= 4 is 22.4 Å². The normalized spacial score (nSPS) is 10.4. The minimum absolute atomic E-state index is 0.246. The van der Waals surface area contributed by atoms with Gasteiger partial charge < -0.3 is 13.6 Å². The molecule has 28 heavy (non-hydrogen) atoms. The number of amides is 1. The molecular weight excluding hydrogens is 378 g/mol. The molecule has 0 unspecified atom stereocenters. The van der Waals surface area contributed by atoms with Gasteiger partial charge >= 0.3 is 0 Å². The lowest BCUT2D eigenvalue weighted by atomic mass is 10.2. The number of benzene rings is 1. The van der Waals surface area contributed by atoms with Gasteiger partial charge in [0.2, 0.25) is 0 Å². The van der Waals surface area contributed by atoms with Crippen molar-refractivity contribution in [3.8, 4) is 33.9 Å². The highest BCUT2D eigenvalue weighted by molar-refractivity contribution is 7.19. The summed E-state index contributed by atoms with van der Waals surface area (Å²) in [4.78, 5) is 17.5. The van der Waals surface area contributed by atoms with E-state index in [0.29, 0.717) is 33.7 Å². The number of thiazole rings is 1. The summed E-state index contributed by atoms with van der Waals surface area (Å²) in [5.41, 5.74) is 0.945. The molecule has 3 heterocycles. The Morgan fingerprint density at radius 1 is 1.11 bits per heavy atom. The Labute approximate surface area is 163 Å². The molecule has 7 nitrogen and oxygen atoms in total. The number of hydrogen-bond donors (Lipinski definition) is 1.